The molecule has 3 N–H and O–H groups in total. The zero-order valence-corrected chi connectivity index (χ0v) is 38.5. The zero-order chi connectivity index (χ0) is 42.3. The molecule has 2 atom stereocenters. The zero-order valence-electron chi connectivity index (χ0n) is 38.5. The molecule has 0 aliphatic carbocycles. The molecule has 6 heteroatoms. The largest absolute Gasteiger partial charge is 0.466 e. The van der Waals surface area contributed by atoms with Gasteiger partial charge >= 0.3 is 5.97 Å². The monoisotopic (exact) mass is 816 g/mol. The number of carbonyl (C=O) groups is 2. The molecule has 0 fully saturated rings. The van der Waals surface area contributed by atoms with E-state index in [1.54, 1.807) is 6.08 Å². The number of ether oxygens (including phenoxy) is 1. The van der Waals surface area contributed by atoms with Crippen molar-refractivity contribution in [2.24, 2.45) is 0 Å². The van der Waals surface area contributed by atoms with Crippen molar-refractivity contribution in [1.29, 1.82) is 0 Å². The normalized spacial score (nSPS) is 13.0. The highest BCUT2D eigenvalue weighted by molar-refractivity contribution is 5.76. The molecule has 0 saturated heterocycles. The van der Waals surface area contributed by atoms with E-state index in [9.17, 15) is 19.8 Å². The number of hydrogen-bond acceptors (Lipinski definition) is 5. The second-order valence-corrected chi connectivity index (χ2v) is 17.1. The smallest absolute Gasteiger partial charge is 0.305 e. The van der Waals surface area contributed by atoms with Gasteiger partial charge in [-0.2, -0.15) is 0 Å². The van der Waals surface area contributed by atoms with Gasteiger partial charge in [0.05, 0.1) is 25.4 Å². The summed E-state index contributed by atoms with van der Waals surface area (Å²) in [5, 5.41) is 22.9. The van der Waals surface area contributed by atoms with Crippen LogP contribution in [0.3, 0.4) is 0 Å². The fourth-order valence-corrected chi connectivity index (χ4v) is 7.49. The summed E-state index contributed by atoms with van der Waals surface area (Å²) >= 11 is 0. The van der Waals surface area contributed by atoms with Gasteiger partial charge in [-0.05, 0) is 64.2 Å². The standard InChI is InChI=1S/C52H97NO5/c1-3-5-7-9-11-13-14-15-16-17-18-19-23-26-30-34-38-42-46-52(57)58-47-43-39-35-31-27-24-21-20-22-25-29-33-37-41-45-51(56)53-49(48-54)50(55)44-40-36-32-28-12-10-8-6-4-2/h13-14,16-17,40,44,49-50,54-55H,3-12,15,18-39,41-43,45-48H2,1-2H3,(H,53,56)/b14-13-,17-16-,44-40+. The molecular weight excluding hydrogens is 719 g/mol. The number of unbranched alkanes of at least 4 members (excludes halogenated alkanes) is 31. The number of hydrogen-bond donors (Lipinski definition) is 3. The van der Waals surface area contributed by atoms with Gasteiger partial charge in [0.15, 0.2) is 0 Å². The van der Waals surface area contributed by atoms with Crippen molar-refractivity contribution in [2.75, 3.05) is 13.2 Å². The van der Waals surface area contributed by atoms with E-state index in [0.717, 1.165) is 64.2 Å². The molecule has 0 aliphatic heterocycles. The van der Waals surface area contributed by atoms with E-state index in [4.69, 9.17) is 4.74 Å². The van der Waals surface area contributed by atoms with E-state index in [2.05, 4.69) is 43.5 Å². The number of aliphatic hydroxyl groups excluding tert-OH is 2. The van der Waals surface area contributed by atoms with Crippen LogP contribution < -0.4 is 5.32 Å². The molecule has 0 aliphatic rings. The highest BCUT2D eigenvalue weighted by atomic mass is 16.5. The van der Waals surface area contributed by atoms with Crippen LogP contribution in [-0.4, -0.2) is 47.4 Å². The lowest BCUT2D eigenvalue weighted by Gasteiger charge is -2.20. The van der Waals surface area contributed by atoms with Gasteiger partial charge in [0.1, 0.15) is 0 Å². The third-order valence-corrected chi connectivity index (χ3v) is 11.4. The van der Waals surface area contributed by atoms with Crippen LogP contribution >= 0.6 is 0 Å². The first-order valence-electron chi connectivity index (χ1n) is 25.3. The van der Waals surface area contributed by atoms with Crippen molar-refractivity contribution in [2.45, 2.75) is 270 Å². The maximum atomic E-state index is 12.4. The summed E-state index contributed by atoms with van der Waals surface area (Å²) in [5.41, 5.74) is 0. The van der Waals surface area contributed by atoms with E-state index in [-0.39, 0.29) is 18.5 Å². The summed E-state index contributed by atoms with van der Waals surface area (Å²) in [7, 11) is 0. The topological polar surface area (TPSA) is 95.9 Å². The fourth-order valence-electron chi connectivity index (χ4n) is 7.49. The third-order valence-electron chi connectivity index (χ3n) is 11.4. The molecule has 0 bridgehead atoms. The number of carbonyl (C=O) groups excluding carboxylic acids is 2. The van der Waals surface area contributed by atoms with Crippen molar-refractivity contribution >= 4 is 11.9 Å². The van der Waals surface area contributed by atoms with Crippen molar-refractivity contribution in [3.8, 4) is 0 Å². The Hall–Kier alpha value is -1.92. The molecule has 340 valence electrons. The van der Waals surface area contributed by atoms with Crippen molar-refractivity contribution in [1.82, 2.24) is 5.32 Å². The van der Waals surface area contributed by atoms with Gasteiger partial charge in [-0.1, -0.05) is 217 Å². The molecule has 2 unspecified atom stereocenters. The molecule has 0 radical (unpaired) electrons. The predicted octanol–water partition coefficient (Wildman–Crippen LogP) is 14.9. The Labute approximate surface area is 360 Å². The van der Waals surface area contributed by atoms with Crippen molar-refractivity contribution in [3.63, 3.8) is 0 Å². The van der Waals surface area contributed by atoms with Gasteiger partial charge in [0, 0.05) is 12.8 Å². The summed E-state index contributed by atoms with van der Waals surface area (Å²) in [5.74, 6) is -0.0943. The second-order valence-electron chi connectivity index (χ2n) is 17.1. The first-order chi connectivity index (χ1) is 28.5. The summed E-state index contributed by atoms with van der Waals surface area (Å²) in [6, 6.07) is -0.634. The number of amides is 1. The number of aliphatic hydroxyl groups is 2. The average molecular weight is 816 g/mol. The molecule has 0 saturated carbocycles. The maximum absolute atomic E-state index is 12.4. The maximum Gasteiger partial charge on any atom is 0.305 e. The van der Waals surface area contributed by atoms with Gasteiger partial charge in [-0.3, -0.25) is 9.59 Å². The van der Waals surface area contributed by atoms with Gasteiger partial charge in [0.2, 0.25) is 5.91 Å². The Bertz CT molecular complexity index is 946. The van der Waals surface area contributed by atoms with Crippen molar-refractivity contribution in [3.05, 3.63) is 36.5 Å². The third kappa shape index (κ3) is 43.7. The molecule has 0 rings (SSSR count). The highest BCUT2D eigenvalue weighted by Crippen LogP contribution is 2.15. The van der Waals surface area contributed by atoms with E-state index < -0.39 is 12.1 Å². The average Bonchev–Trinajstić information content (AvgIpc) is 3.22. The van der Waals surface area contributed by atoms with Crippen molar-refractivity contribution < 1.29 is 24.5 Å². The van der Waals surface area contributed by atoms with E-state index in [1.807, 2.05) is 6.08 Å². The first-order valence-corrected chi connectivity index (χ1v) is 25.3. The minimum absolute atomic E-state index is 0.0118. The van der Waals surface area contributed by atoms with Crippen LogP contribution in [-0.2, 0) is 14.3 Å². The predicted molar refractivity (Wildman–Crippen MR) is 250 cm³/mol. The van der Waals surface area contributed by atoms with Crippen LogP contribution in [0.2, 0.25) is 0 Å². The van der Waals surface area contributed by atoms with Crippen LogP contribution in [0.25, 0.3) is 0 Å². The van der Waals surface area contributed by atoms with Crippen LogP contribution in [0.5, 0.6) is 0 Å². The van der Waals surface area contributed by atoms with Crippen LogP contribution in [0, 0.1) is 0 Å². The van der Waals surface area contributed by atoms with E-state index >= 15 is 0 Å². The minimum atomic E-state index is -0.849. The van der Waals surface area contributed by atoms with E-state index in [1.165, 1.54) is 167 Å². The molecule has 6 nitrogen and oxygen atoms in total. The number of nitrogens with one attached hydrogen (secondary N) is 1. The number of esters is 1. The Balaban J connectivity index is 3.44. The Morgan fingerprint density at radius 2 is 0.862 bits per heavy atom. The van der Waals surface area contributed by atoms with Crippen LogP contribution in [0.15, 0.2) is 36.5 Å². The molecular formula is C52H97NO5. The highest BCUT2D eigenvalue weighted by Gasteiger charge is 2.18. The Morgan fingerprint density at radius 1 is 0.483 bits per heavy atom. The number of allylic oxidation sites excluding steroid dienone is 5. The lowest BCUT2D eigenvalue weighted by Crippen LogP contribution is -2.45. The lowest BCUT2D eigenvalue weighted by molar-refractivity contribution is -0.143. The van der Waals surface area contributed by atoms with Gasteiger partial charge in [0.25, 0.3) is 0 Å². The SMILES string of the molecule is CCCCCC/C=C\C/C=C\CCCCCCCCCC(=O)OCCCCCCCCCCCCCCCCC(=O)NC(CO)C(O)/C=C/CCCCCCCCC. The Kier molecular flexibility index (Phi) is 46.2. The molecule has 0 aromatic rings. The quantitative estimate of drug-likeness (QED) is 0.0323. The molecule has 0 aromatic carbocycles. The molecule has 0 spiro atoms. The second kappa shape index (κ2) is 47.8. The summed E-state index contributed by atoms with van der Waals surface area (Å²) in [6.07, 6.45) is 57.2. The lowest BCUT2D eigenvalue weighted by atomic mass is 10.0. The molecule has 0 aromatic heterocycles. The van der Waals surface area contributed by atoms with Gasteiger partial charge < -0.3 is 20.3 Å². The van der Waals surface area contributed by atoms with Gasteiger partial charge in [-0.25, -0.2) is 0 Å². The molecule has 1 amide bonds. The fraction of sp³-hybridized carbons (Fsp3) is 0.846. The van der Waals surface area contributed by atoms with Crippen LogP contribution in [0.4, 0.5) is 0 Å². The Morgan fingerprint density at radius 3 is 1.33 bits per heavy atom. The molecule has 58 heavy (non-hydrogen) atoms. The first kappa shape index (κ1) is 56.1. The van der Waals surface area contributed by atoms with Gasteiger partial charge in [-0.15, -0.1) is 0 Å². The summed E-state index contributed by atoms with van der Waals surface area (Å²) < 4.78 is 5.47. The number of rotatable bonds is 46. The molecule has 0 heterocycles. The van der Waals surface area contributed by atoms with Crippen LogP contribution in [0.1, 0.15) is 258 Å². The van der Waals surface area contributed by atoms with E-state index in [0.29, 0.717) is 19.4 Å². The minimum Gasteiger partial charge on any atom is -0.466 e. The summed E-state index contributed by atoms with van der Waals surface area (Å²) in [6.45, 7) is 4.82. The summed E-state index contributed by atoms with van der Waals surface area (Å²) in [4.78, 5) is 24.4.